The molecule has 18 heavy (non-hydrogen) atoms. The van der Waals surface area contributed by atoms with Gasteiger partial charge in [-0.1, -0.05) is 11.6 Å². The predicted octanol–water partition coefficient (Wildman–Crippen LogP) is 1.23. The number of halogens is 1. The fraction of sp³-hybridized carbons (Fsp3) is 0.545. The second-order valence-electron chi connectivity index (χ2n) is 3.98. The van der Waals surface area contributed by atoms with Crippen LogP contribution in [0.4, 0.5) is 0 Å². The van der Waals surface area contributed by atoms with Crippen LogP contribution in [-0.4, -0.2) is 50.8 Å². The summed E-state index contributed by atoms with van der Waals surface area (Å²) in [5.74, 6) is 0. The largest absolute Gasteiger partial charge is 0.396 e. The molecule has 0 aliphatic heterocycles. The number of hydrogen-bond acceptors (Lipinski definition) is 5. The normalized spacial score (nSPS) is 11.8. The van der Waals surface area contributed by atoms with Gasteiger partial charge in [-0.3, -0.25) is 9.30 Å². The van der Waals surface area contributed by atoms with Crippen molar-refractivity contribution in [2.75, 3.05) is 26.3 Å². The lowest BCUT2D eigenvalue weighted by Crippen LogP contribution is -2.28. The summed E-state index contributed by atoms with van der Waals surface area (Å²) in [6.07, 6.45) is 2.63. The van der Waals surface area contributed by atoms with Gasteiger partial charge in [0.1, 0.15) is 0 Å². The highest BCUT2D eigenvalue weighted by molar-refractivity contribution is 7.15. The number of rotatable bonds is 7. The molecule has 0 bridgehead atoms. The number of fused-ring (bicyclic) bond motifs is 1. The fourth-order valence-electron chi connectivity index (χ4n) is 1.87. The number of nitrogens with zero attached hydrogens (tertiary/aromatic N) is 3. The van der Waals surface area contributed by atoms with Crippen molar-refractivity contribution in [1.29, 1.82) is 0 Å². The molecule has 0 amide bonds. The fourth-order valence-corrected chi connectivity index (χ4v) is 2.88. The first-order chi connectivity index (χ1) is 8.76. The minimum Gasteiger partial charge on any atom is -0.396 e. The summed E-state index contributed by atoms with van der Waals surface area (Å²) in [5.41, 5.74) is 0.930. The van der Waals surface area contributed by atoms with Gasteiger partial charge in [0.15, 0.2) is 10.1 Å². The highest BCUT2D eigenvalue weighted by Crippen LogP contribution is 2.22. The predicted molar refractivity (Wildman–Crippen MR) is 72.1 cm³/mol. The van der Waals surface area contributed by atoms with E-state index in [0.29, 0.717) is 24.7 Å². The Morgan fingerprint density at radius 2 is 2.17 bits per heavy atom. The molecule has 2 aromatic rings. The van der Waals surface area contributed by atoms with Crippen molar-refractivity contribution in [3.8, 4) is 0 Å². The molecule has 0 aromatic carbocycles. The molecule has 5 nitrogen and oxygen atoms in total. The molecule has 0 atom stereocenters. The molecule has 0 unspecified atom stereocenters. The van der Waals surface area contributed by atoms with Gasteiger partial charge in [0.05, 0.1) is 12.3 Å². The molecular weight excluding hydrogens is 274 g/mol. The SMILES string of the molecule is OCCCN(CCO)Cc1c(Cl)nc2sccn12. The van der Waals surface area contributed by atoms with Gasteiger partial charge in [0, 0.05) is 37.8 Å². The Morgan fingerprint density at radius 1 is 1.33 bits per heavy atom. The van der Waals surface area contributed by atoms with E-state index in [1.807, 2.05) is 16.0 Å². The lowest BCUT2D eigenvalue weighted by molar-refractivity contribution is 0.173. The summed E-state index contributed by atoms with van der Waals surface area (Å²) in [5, 5.41) is 20.4. The molecule has 0 aliphatic carbocycles. The van der Waals surface area contributed by atoms with Gasteiger partial charge in [-0.05, 0) is 6.42 Å². The quantitative estimate of drug-likeness (QED) is 0.805. The summed E-state index contributed by atoms with van der Waals surface area (Å²) in [7, 11) is 0. The van der Waals surface area contributed by atoms with Crippen molar-refractivity contribution in [1.82, 2.24) is 14.3 Å². The van der Waals surface area contributed by atoms with Gasteiger partial charge >= 0.3 is 0 Å². The van der Waals surface area contributed by atoms with Gasteiger partial charge < -0.3 is 10.2 Å². The molecular formula is C11H16ClN3O2S. The van der Waals surface area contributed by atoms with Crippen LogP contribution in [0.25, 0.3) is 4.96 Å². The van der Waals surface area contributed by atoms with Crippen LogP contribution in [0.1, 0.15) is 12.1 Å². The van der Waals surface area contributed by atoms with E-state index in [4.69, 9.17) is 21.8 Å². The van der Waals surface area contributed by atoms with Crippen molar-refractivity contribution >= 4 is 27.9 Å². The molecule has 100 valence electrons. The van der Waals surface area contributed by atoms with E-state index in [-0.39, 0.29) is 13.2 Å². The van der Waals surface area contributed by atoms with Crippen LogP contribution in [0.3, 0.4) is 0 Å². The Bertz CT molecular complexity index is 499. The van der Waals surface area contributed by atoms with E-state index in [0.717, 1.165) is 17.2 Å². The second-order valence-corrected chi connectivity index (χ2v) is 5.21. The van der Waals surface area contributed by atoms with Gasteiger partial charge in [-0.15, -0.1) is 11.3 Å². The average Bonchev–Trinajstić information content (AvgIpc) is 2.90. The summed E-state index contributed by atoms with van der Waals surface area (Å²) < 4.78 is 1.97. The van der Waals surface area contributed by atoms with Crippen LogP contribution in [0.5, 0.6) is 0 Å². The third-order valence-electron chi connectivity index (χ3n) is 2.73. The number of aromatic nitrogens is 2. The van der Waals surface area contributed by atoms with Gasteiger partial charge in [-0.2, -0.15) is 0 Å². The minimum absolute atomic E-state index is 0.0919. The first kappa shape index (κ1) is 13.8. The first-order valence-corrected chi connectivity index (χ1v) is 7.06. The molecule has 2 heterocycles. The summed E-state index contributed by atoms with van der Waals surface area (Å²) in [4.78, 5) is 7.21. The van der Waals surface area contributed by atoms with Crippen molar-refractivity contribution in [2.24, 2.45) is 0 Å². The Labute approximate surface area is 114 Å². The van der Waals surface area contributed by atoms with Crippen LogP contribution in [0, 0.1) is 0 Å². The average molecular weight is 290 g/mol. The number of hydrogen-bond donors (Lipinski definition) is 2. The lowest BCUT2D eigenvalue weighted by atomic mass is 10.3. The maximum Gasteiger partial charge on any atom is 0.195 e. The Kier molecular flexibility index (Phi) is 4.96. The van der Waals surface area contributed by atoms with Crippen LogP contribution < -0.4 is 0 Å². The summed E-state index contributed by atoms with van der Waals surface area (Å²) in [6, 6.07) is 0. The summed E-state index contributed by atoms with van der Waals surface area (Å²) in [6.45, 7) is 2.15. The Morgan fingerprint density at radius 3 is 2.89 bits per heavy atom. The van der Waals surface area contributed by atoms with Crippen molar-refractivity contribution in [3.05, 3.63) is 22.4 Å². The molecule has 2 N–H and O–H groups in total. The zero-order valence-electron chi connectivity index (χ0n) is 9.92. The topological polar surface area (TPSA) is 61.0 Å². The van der Waals surface area contributed by atoms with Gasteiger partial charge in [0.2, 0.25) is 0 Å². The molecule has 2 aromatic heterocycles. The maximum atomic E-state index is 9.05. The zero-order valence-corrected chi connectivity index (χ0v) is 11.5. The Balaban J connectivity index is 2.13. The second kappa shape index (κ2) is 6.49. The standard InChI is InChI=1S/C11H16ClN3O2S/c12-10-9(15-4-7-18-11(15)13-10)8-14(3-6-17)2-1-5-16/h4,7,16-17H,1-3,5-6,8H2. The van der Waals surface area contributed by atoms with E-state index in [2.05, 4.69) is 9.88 Å². The minimum atomic E-state index is 0.0919. The highest BCUT2D eigenvalue weighted by Gasteiger charge is 2.14. The van der Waals surface area contributed by atoms with E-state index in [1.54, 1.807) is 11.3 Å². The lowest BCUT2D eigenvalue weighted by Gasteiger charge is -2.20. The molecule has 0 saturated heterocycles. The van der Waals surface area contributed by atoms with E-state index < -0.39 is 0 Å². The van der Waals surface area contributed by atoms with Crippen molar-refractivity contribution in [2.45, 2.75) is 13.0 Å². The Hall–Kier alpha value is -0.660. The van der Waals surface area contributed by atoms with E-state index >= 15 is 0 Å². The zero-order chi connectivity index (χ0) is 13.0. The molecule has 0 radical (unpaired) electrons. The third-order valence-corrected chi connectivity index (χ3v) is 3.79. The van der Waals surface area contributed by atoms with Crippen LogP contribution in [-0.2, 0) is 6.54 Å². The number of thiazole rings is 1. The number of imidazole rings is 1. The molecule has 0 spiro atoms. The molecule has 2 rings (SSSR count). The van der Waals surface area contributed by atoms with E-state index in [1.165, 1.54) is 0 Å². The van der Waals surface area contributed by atoms with Crippen molar-refractivity contribution < 1.29 is 10.2 Å². The van der Waals surface area contributed by atoms with Gasteiger partial charge in [-0.25, -0.2) is 4.98 Å². The molecule has 0 saturated carbocycles. The van der Waals surface area contributed by atoms with Crippen molar-refractivity contribution in [3.63, 3.8) is 0 Å². The molecule has 0 fully saturated rings. The monoisotopic (exact) mass is 289 g/mol. The highest BCUT2D eigenvalue weighted by atomic mass is 35.5. The third kappa shape index (κ3) is 3.02. The molecule has 7 heteroatoms. The van der Waals surface area contributed by atoms with Crippen LogP contribution in [0.15, 0.2) is 11.6 Å². The number of aliphatic hydroxyl groups is 2. The van der Waals surface area contributed by atoms with E-state index in [9.17, 15) is 0 Å². The molecule has 0 aliphatic rings. The maximum absolute atomic E-state index is 9.05. The van der Waals surface area contributed by atoms with Crippen LogP contribution in [0.2, 0.25) is 5.15 Å². The summed E-state index contributed by atoms with van der Waals surface area (Å²) >= 11 is 7.66. The number of aliphatic hydroxyl groups excluding tert-OH is 2. The van der Waals surface area contributed by atoms with Gasteiger partial charge in [0.25, 0.3) is 0 Å². The first-order valence-electron chi connectivity index (χ1n) is 5.80. The smallest absolute Gasteiger partial charge is 0.195 e. The van der Waals surface area contributed by atoms with Crippen LogP contribution >= 0.6 is 22.9 Å².